The average Bonchev–Trinajstić information content (AvgIpc) is 3.14. The van der Waals surface area contributed by atoms with Gasteiger partial charge in [0, 0.05) is 43.7 Å². The summed E-state index contributed by atoms with van der Waals surface area (Å²) in [6.07, 6.45) is 17.3. The lowest BCUT2D eigenvalue weighted by atomic mass is 9.79. The maximum atomic E-state index is 13.8. The largest absolute Gasteiger partial charge is 0.481 e. The van der Waals surface area contributed by atoms with E-state index in [0.717, 1.165) is 38.5 Å². The van der Waals surface area contributed by atoms with E-state index in [1.807, 2.05) is 4.90 Å². The van der Waals surface area contributed by atoms with Crippen molar-refractivity contribution >= 4 is 29.7 Å². The van der Waals surface area contributed by atoms with Gasteiger partial charge in [-0.05, 0) is 82.0 Å². The lowest BCUT2D eigenvalue weighted by Gasteiger charge is -2.41. The number of nitrogens with one attached hydrogen (secondary N) is 3. The topological polar surface area (TPSA) is 148 Å². The van der Waals surface area contributed by atoms with Gasteiger partial charge in [-0.2, -0.15) is 0 Å². The van der Waals surface area contributed by atoms with Crippen molar-refractivity contribution in [1.29, 1.82) is 0 Å². The van der Waals surface area contributed by atoms with Crippen LogP contribution in [-0.2, 0) is 19.2 Å². The van der Waals surface area contributed by atoms with Gasteiger partial charge < -0.3 is 30.9 Å². The molecule has 5 fully saturated rings. The molecule has 4 saturated carbocycles. The molecule has 0 aromatic heterocycles. The minimum atomic E-state index is -0.990. The molecule has 4 N–H and O–H groups in total. The first kappa shape index (κ1) is 35.5. The Hall–Kier alpha value is -2.85. The van der Waals surface area contributed by atoms with Crippen LogP contribution >= 0.6 is 0 Å². The summed E-state index contributed by atoms with van der Waals surface area (Å²) in [5.41, 5.74) is 0. The third kappa shape index (κ3) is 10.1. The van der Waals surface area contributed by atoms with Crippen LogP contribution in [0, 0.1) is 23.7 Å². The van der Waals surface area contributed by atoms with Crippen LogP contribution in [0.25, 0.3) is 0 Å². The highest BCUT2D eigenvalue weighted by molar-refractivity contribution is 5.90. The van der Waals surface area contributed by atoms with Crippen LogP contribution < -0.4 is 16.0 Å². The molecular weight excluding hydrogens is 598 g/mol. The van der Waals surface area contributed by atoms with E-state index in [4.69, 9.17) is 0 Å². The Morgan fingerprint density at radius 1 is 0.766 bits per heavy atom. The monoisotopic (exact) mass is 657 g/mol. The van der Waals surface area contributed by atoms with Crippen molar-refractivity contribution in [2.24, 2.45) is 23.7 Å². The van der Waals surface area contributed by atoms with E-state index in [1.165, 1.54) is 56.3 Å². The van der Waals surface area contributed by atoms with E-state index < -0.39 is 11.9 Å². The van der Waals surface area contributed by atoms with Gasteiger partial charge >= 0.3 is 12.0 Å². The Morgan fingerprint density at radius 3 is 2.19 bits per heavy atom. The van der Waals surface area contributed by atoms with Crippen molar-refractivity contribution in [3.63, 3.8) is 0 Å². The van der Waals surface area contributed by atoms with Gasteiger partial charge in [0.2, 0.25) is 17.7 Å². The molecule has 5 aliphatic rings. The molecule has 1 heterocycles. The summed E-state index contributed by atoms with van der Waals surface area (Å²) in [6.45, 7) is 2.81. The molecule has 0 spiro atoms. The molecule has 5 rings (SSSR count). The van der Waals surface area contributed by atoms with E-state index in [9.17, 15) is 29.1 Å². The average molecular weight is 658 g/mol. The maximum Gasteiger partial charge on any atom is 0.315 e. The van der Waals surface area contributed by atoms with Crippen molar-refractivity contribution in [2.75, 3.05) is 19.6 Å². The molecule has 4 aliphatic carbocycles. The summed E-state index contributed by atoms with van der Waals surface area (Å²) in [4.78, 5) is 67.8. The number of carbonyl (C=O) groups is 5. The van der Waals surface area contributed by atoms with E-state index in [-0.39, 0.29) is 73.3 Å². The summed E-state index contributed by atoms with van der Waals surface area (Å²) in [6, 6.07) is -0.0267. The molecule has 5 unspecified atom stereocenters. The first-order valence-corrected chi connectivity index (χ1v) is 18.8. The second-order valence-electron chi connectivity index (χ2n) is 15.4. The van der Waals surface area contributed by atoms with Gasteiger partial charge in [0.05, 0.1) is 18.9 Å². The molecule has 1 aliphatic heterocycles. The number of fused-ring (bicyclic) bond motifs is 1. The van der Waals surface area contributed by atoms with Crippen LogP contribution in [0.15, 0.2) is 0 Å². The molecular formula is C36H59N5O6. The Balaban J connectivity index is 1.10. The standard InChI is InChI=1S/C36H59N5O6/c1-24-7-5-6-10-30(24)39-36(47)38-27-13-11-26(12-14-27)21-32(42)37-28-15-16-31-29(22-28)35(46)40(19-18-34(44)45)23-33(43)41(31)20-17-25-8-3-2-4-9-25/h24-31H,2-23H2,1H3,(H,37,42)(H,44,45)(H2,38,39,47). The zero-order valence-electron chi connectivity index (χ0n) is 28.6. The summed E-state index contributed by atoms with van der Waals surface area (Å²) >= 11 is 0. The van der Waals surface area contributed by atoms with E-state index in [1.54, 1.807) is 0 Å². The first-order valence-electron chi connectivity index (χ1n) is 18.8. The van der Waals surface area contributed by atoms with Gasteiger partial charge in [-0.25, -0.2) is 4.79 Å². The number of carboxylic acids is 1. The minimum Gasteiger partial charge on any atom is -0.481 e. The Labute approximate surface area is 280 Å². The Morgan fingerprint density at radius 2 is 1.47 bits per heavy atom. The smallest absolute Gasteiger partial charge is 0.315 e. The number of aliphatic carboxylic acids is 1. The molecule has 0 aromatic carbocycles. The van der Waals surface area contributed by atoms with Gasteiger partial charge in [-0.3, -0.25) is 19.2 Å². The van der Waals surface area contributed by atoms with Crippen molar-refractivity contribution in [2.45, 2.75) is 153 Å². The number of nitrogens with zero attached hydrogens (tertiary/aromatic N) is 2. The highest BCUT2D eigenvalue weighted by atomic mass is 16.4. The van der Waals surface area contributed by atoms with Gasteiger partial charge in [0.1, 0.15) is 0 Å². The molecule has 264 valence electrons. The Bertz CT molecular complexity index is 1100. The first-order chi connectivity index (χ1) is 22.7. The normalized spacial score (nSPS) is 32.2. The Kier molecular flexibility index (Phi) is 12.8. The summed E-state index contributed by atoms with van der Waals surface area (Å²) in [7, 11) is 0. The van der Waals surface area contributed by atoms with E-state index >= 15 is 0 Å². The SMILES string of the molecule is CC1CCCCC1NC(=O)NC1CCC(CC(=O)NC2CCC3C(C2)C(=O)N(CCC(=O)O)CC(=O)N3CCC2CCCCC2)CC1. The van der Waals surface area contributed by atoms with Crippen LogP contribution in [0.4, 0.5) is 4.79 Å². The van der Waals surface area contributed by atoms with Gasteiger partial charge in [0.25, 0.3) is 0 Å². The molecule has 0 bridgehead atoms. The minimum absolute atomic E-state index is 0.00271. The third-order valence-electron chi connectivity index (χ3n) is 12.0. The van der Waals surface area contributed by atoms with E-state index in [0.29, 0.717) is 44.1 Å². The zero-order valence-corrected chi connectivity index (χ0v) is 28.6. The molecule has 0 aromatic rings. The van der Waals surface area contributed by atoms with Crippen LogP contribution in [0.1, 0.15) is 129 Å². The fourth-order valence-electron chi connectivity index (χ4n) is 9.17. The number of carbonyl (C=O) groups excluding carboxylic acids is 4. The van der Waals surface area contributed by atoms with Gasteiger partial charge in [-0.1, -0.05) is 51.9 Å². The molecule has 11 nitrogen and oxygen atoms in total. The van der Waals surface area contributed by atoms with Crippen LogP contribution in [0.3, 0.4) is 0 Å². The third-order valence-corrected chi connectivity index (χ3v) is 12.0. The van der Waals surface area contributed by atoms with Crippen LogP contribution in [0.5, 0.6) is 0 Å². The molecule has 0 radical (unpaired) electrons. The molecule has 11 heteroatoms. The highest BCUT2D eigenvalue weighted by Crippen LogP contribution is 2.35. The molecule has 5 atom stereocenters. The molecule has 47 heavy (non-hydrogen) atoms. The predicted molar refractivity (Wildman–Crippen MR) is 178 cm³/mol. The number of urea groups is 1. The summed E-state index contributed by atoms with van der Waals surface area (Å²) in [5, 5.41) is 18.8. The van der Waals surface area contributed by atoms with Gasteiger partial charge in [0.15, 0.2) is 0 Å². The lowest BCUT2D eigenvalue weighted by molar-refractivity contribution is -0.141. The zero-order chi connectivity index (χ0) is 33.3. The molecule has 5 amide bonds. The van der Waals surface area contributed by atoms with Crippen LogP contribution in [0.2, 0.25) is 0 Å². The second-order valence-corrected chi connectivity index (χ2v) is 15.4. The lowest BCUT2D eigenvalue weighted by Crippen LogP contribution is -2.52. The number of amides is 5. The van der Waals surface area contributed by atoms with Crippen molar-refractivity contribution in [3.05, 3.63) is 0 Å². The second kappa shape index (κ2) is 17.0. The van der Waals surface area contributed by atoms with E-state index in [2.05, 4.69) is 22.9 Å². The quantitative estimate of drug-likeness (QED) is 0.256. The van der Waals surface area contributed by atoms with Crippen molar-refractivity contribution in [1.82, 2.24) is 25.8 Å². The number of hydrogen-bond acceptors (Lipinski definition) is 5. The van der Waals surface area contributed by atoms with Crippen molar-refractivity contribution < 1.29 is 29.1 Å². The highest BCUT2D eigenvalue weighted by Gasteiger charge is 2.45. The van der Waals surface area contributed by atoms with Crippen LogP contribution in [-0.4, -0.2) is 88.4 Å². The van der Waals surface area contributed by atoms with Gasteiger partial charge in [-0.15, -0.1) is 0 Å². The predicted octanol–water partition coefficient (Wildman–Crippen LogP) is 4.58. The molecule has 1 saturated heterocycles. The fourth-order valence-corrected chi connectivity index (χ4v) is 9.17. The summed E-state index contributed by atoms with van der Waals surface area (Å²) in [5.74, 6) is -0.269. The number of hydrogen-bond donors (Lipinski definition) is 4. The number of carboxylic acid groups (broad SMARTS) is 1. The number of rotatable bonds is 11. The fraction of sp³-hybridized carbons (Fsp3) is 0.861. The maximum absolute atomic E-state index is 13.8. The van der Waals surface area contributed by atoms with Crippen molar-refractivity contribution in [3.8, 4) is 0 Å². The summed E-state index contributed by atoms with van der Waals surface area (Å²) < 4.78 is 0.